The van der Waals surface area contributed by atoms with Gasteiger partial charge in [0.1, 0.15) is 22.9 Å². The molecule has 0 radical (unpaired) electrons. The third-order valence-corrected chi connectivity index (χ3v) is 5.42. The topological polar surface area (TPSA) is 35.5 Å². The fraction of sp³-hybridized carbons (Fsp3) is 0.346. The van der Waals surface area contributed by atoms with E-state index in [9.17, 15) is 35.5 Å². The van der Waals surface area contributed by atoms with Gasteiger partial charge in [0, 0.05) is 5.39 Å². The van der Waals surface area contributed by atoms with Crippen LogP contribution >= 0.6 is 0 Å². The smallest absolute Gasteiger partial charge is 0.422 e. The Morgan fingerprint density at radius 3 is 2.17 bits per heavy atom. The number of hydrogen-bond donors (Lipinski definition) is 0. The van der Waals surface area contributed by atoms with Crippen molar-refractivity contribution in [1.29, 1.82) is 0 Å². The van der Waals surface area contributed by atoms with E-state index < -0.39 is 53.3 Å². The third kappa shape index (κ3) is 6.89. The second-order valence-corrected chi connectivity index (χ2v) is 8.28. The van der Waals surface area contributed by atoms with Crippen molar-refractivity contribution in [2.24, 2.45) is 0 Å². The molecule has 0 atom stereocenters. The number of benzene rings is 3. The minimum Gasteiger partial charge on any atom is -0.478 e. The van der Waals surface area contributed by atoms with Crippen molar-refractivity contribution in [2.75, 3.05) is 6.61 Å². The Kier molecular flexibility index (Phi) is 8.81. The normalized spacial score (nSPS) is 11.7. The molecule has 0 bridgehead atoms. The summed E-state index contributed by atoms with van der Waals surface area (Å²) in [5.74, 6) is -7.84. The molecule has 0 aliphatic carbocycles. The van der Waals surface area contributed by atoms with Gasteiger partial charge in [0.2, 0.25) is 0 Å². The highest BCUT2D eigenvalue weighted by molar-refractivity contribution is 5.93. The van der Waals surface area contributed by atoms with E-state index in [-0.39, 0.29) is 16.5 Å². The first-order chi connectivity index (χ1) is 17.0. The van der Waals surface area contributed by atoms with E-state index in [4.69, 9.17) is 4.74 Å². The van der Waals surface area contributed by atoms with Crippen LogP contribution in [-0.2, 0) is 6.42 Å². The van der Waals surface area contributed by atoms with Crippen LogP contribution in [0.5, 0.6) is 11.5 Å². The van der Waals surface area contributed by atoms with Crippen molar-refractivity contribution in [2.45, 2.75) is 51.6 Å². The molecule has 3 nitrogen and oxygen atoms in total. The molecule has 0 aromatic heterocycles. The van der Waals surface area contributed by atoms with Crippen LogP contribution in [-0.4, -0.2) is 18.8 Å². The van der Waals surface area contributed by atoms with Gasteiger partial charge in [0.25, 0.3) is 0 Å². The first kappa shape index (κ1) is 27.3. The zero-order chi connectivity index (χ0) is 26.5. The molecule has 0 spiro atoms. The first-order valence-corrected chi connectivity index (χ1v) is 11.3. The van der Waals surface area contributed by atoms with Crippen molar-refractivity contribution < 1.29 is 45.0 Å². The number of ether oxygens (including phenoxy) is 2. The van der Waals surface area contributed by atoms with Crippen molar-refractivity contribution in [3.05, 3.63) is 70.8 Å². The molecule has 3 aromatic carbocycles. The van der Waals surface area contributed by atoms with E-state index in [1.54, 1.807) is 0 Å². The molecule has 0 saturated heterocycles. The average Bonchev–Trinajstić information content (AvgIpc) is 2.77. The van der Waals surface area contributed by atoms with Gasteiger partial charge in [-0.05, 0) is 60.2 Å². The molecule has 0 saturated carbocycles. The molecular formula is C26H23F7O3. The fourth-order valence-electron chi connectivity index (χ4n) is 3.69. The number of carbonyl (C=O) groups is 1. The zero-order valence-corrected chi connectivity index (χ0v) is 19.3. The Morgan fingerprint density at radius 1 is 0.861 bits per heavy atom. The van der Waals surface area contributed by atoms with Crippen molar-refractivity contribution in [1.82, 2.24) is 0 Å². The number of carbonyl (C=O) groups excluding carboxylic acids is 1. The average molecular weight is 516 g/mol. The highest BCUT2D eigenvalue weighted by Crippen LogP contribution is 2.33. The van der Waals surface area contributed by atoms with Crippen LogP contribution < -0.4 is 9.47 Å². The molecule has 3 aromatic rings. The second-order valence-electron chi connectivity index (χ2n) is 8.28. The Hall–Kier alpha value is -3.30. The van der Waals surface area contributed by atoms with Gasteiger partial charge >= 0.3 is 12.1 Å². The lowest BCUT2D eigenvalue weighted by molar-refractivity contribution is -0.154. The van der Waals surface area contributed by atoms with Crippen LogP contribution in [0.2, 0.25) is 0 Å². The molecule has 0 aliphatic rings. The maximum absolute atomic E-state index is 14.5. The summed E-state index contributed by atoms with van der Waals surface area (Å²) in [5, 5.41) is -0.483. The summed E-state index contributed by atoms with van der Waals surface area (Å²) >= 11 is 0. The second kappa shape index (κ2) is 11.6. The molecule has 36 heavy (non-hydrogen) atoms. The van der Waals surface area contributed by atoms with Gasteiger partial charge in [-0.2, -0.15) is 13.2 Å². The highest BCUT2D eigenvalue weighted by atomic mass is 19.4. The number of hydrogen-bond acceptors (Lipinski definition) is 3. The van der Waals surface area contributed by atoms with Gasteiger partial charge in [0.05, 0.1) is 0 Å². The van der Waals surface area contributed by atoms with Crippen LogP contribution in [0.3, 0.4) is 0 Å². The molecule has 0 unspecified atom stereocenters. The SMILES string of the molecule is CCCCCCCc1cc(F)c(C(=O)Oc2ccc3c(F)c(OCC(F)(F)F)c(F)cc3c2)c(F)c1. The number of fused-ring (bicyclic) bond motifs is 1. The summed E-state index contributed by atoms with van der Waals surface area (Å²) in [7, 11) is 0. The fourth-order valence-corrected chi connectivity index (χ4v) is 3.69. The van der Waals surface area contributed by atoms with Crippen molar-refractivity contribution in [3.63, 3.8) is 0 Å². The van der Waals surface area contributed by atoms with Gasteiger partial charge in [-0.1, -0.05) is 32.6 Å². The number of rotatable bonds is 10. The van der Waals surface area contributed by atoms with Crippen LogP contribution in [0.25, 0.3) is 10.8 Å². The summed E-state index contributed by atoms with van der Waals surface area (Å²) in [6, 6.07) is 5.89. The number of alkyl halides is 3. The standard InChI is InChI=1S/C26H23F7O3/c1-2-3-4-5-6-7-15-10-19(27)22(20(28)11-15)25(34)36-17-8-9-18-16(12-17)13-21(29)24(23(18)30)35-14-26(31,32)33/h8-13H,2-7,14H2,1H3. The summed E-state index contributed by atoms with van der Waals surface area (Å²) < 4.78 is 104. The van der Waals surface area contributed by atoms with Crippen LogP contribution in [0, 0.1) is 23.3 Å². The lowest BCUT2D eigenvalue weighted by Crippen LogP contribution is -2.20. The molecule has 0 aliphatic heterocycles. The maximum Gasteiger partial charge on any atom is 0.422 e. The number of esters is 1. The molecule has 0 heterocycles. The number of aryl methyl sites for hydroxylation is 1. The monoisotopic (exact) mass is 516 g/mol. The van der Waals surface area contributed by atoms with Crippen LogP contribution in [0.1, 0.15) is 54.9 Å². The van der Waals surface area contributed by atoms with Crippen molar-refractivity contribution >= 4 is 16.7 Å². The minimum absolute atomic E-state index is 0.172. The van der Waals surface area contributed by atoms with Crippen LogP contribution in [0.4, 0.5) is 30.7 Å². The van der Waals surface area contributed by atoms with E-state index >= 15 is 0 Å². The number of unbranched alkanes of at least 4 members (excludes halogenated alkanes) is 4. The van der Waals surface area contributed by atoms with E-state index in [1.807, 2.05) is 0 Å². The van der Waals surface area contributed by atoms with Gasteiger partial charge in [-0.3, -0.25) is 0 Å². The lowest BCUT2D eigenvalue weighted by Gasteiger charge is -2.13. The largest absolute Gasteiger partial charge is 0.478 e. The van der Waals surface area contributed by atoms with E-state index in [0.717, 1.165) is 62.4 Å². The summed E-state index contributed by atoms with van der Waals surface area (Å²) in [6.07, 6.45) is 0.475. The molecule has 194 valence electrons. The quantitative estimate of drug-likeness (QED) is 0.118. The molecule has 0 N–H and O–H groups in total. The van der Waals surface area contributed by atoms with E-state index in [1.165, 1.54) is 0 Å². The molecule has 0 fully saturated rings. The van der Waals surface area contributed by atoms with Gasteiger partial charge in [-0.25, -0.2) is 22.4 Å². The molecule has 3 rings (SSSR count). The predicted octanol–water partition coefficient (Wildman–Crippen LogP) is 8.07. The number of halogens is 7. The van der Waals surface area contributed by atoms with Crippen molar-refractivity contribution in [3.8, 4) is 11.5 Å². The van der Waals surface area contributed by atoms with Crippen LogP contribution in [0.15, 0.2) is 36.4 Å². The summed E-state index contributed by atoms with van der Waals surface area (Å²) in [4.78, 5) is 12.4. The maximum atomic E-state index is 14.5. The Labute approximate surface area is 202 Å². The third-order valence-electron chi connectivity index (χ3n) is 5.42. The predicted molar refractivity (Wildman–Crippen MR) is 119 cm³/mol. The minimum atomic E-state index is -4.80. The Balaban J connectivity index is 1.76. The molecule has 0 amide bonds. The lowest BCUT2D eigenvalue weighted by atomic mass is 10.0. The van der Waals surface area contributed by atoms with E-state index in [2.05, 4.69) is 11.7 Å². The van der Waals surface area contributed by atoms with Gasteiger partial charge in [0.15, 0.2) is 24.0 Å². The van der Waals surface area contributed by atoms with Gasteiger partial charge in [-0.15, -0.1) is 0 Å². The molecular weight excluding hydrogens is 493 g/mol. The zero-order valence-electron chi connectivity index (χ0n) is 19.3. The molecule has 10 heteroatoms. The highest BCUT2D eigenvalue weighted by Gasteiger charge is 2.30. The Morgan fingerprint density at radius 2 is 1.53 bits per heavy atom. The summed E-state index contributed by atoms with van der Waals surface area (Å²) in [5.41, 5.74) is -0.517. The summed E-state index contributed by atoms with van der Waals surface area (Å²) in [6.45, 7) is 0.182. The van der Waals surface area contributed by atoms with E-state index in [0.29, 0.717) is 18.1 Å². The van der Waals surface area contributed by atoms with Gasteiger partial charge < -0.3 is 9.47 Å². The Bertz CT molecular complexity index is 1220. The first-order valence-electron chi connectivity index (χ1n) is 11.3.